The molecule has 1 saturated heterocycles. The molecule has 1 atom stereocenters. The van der Waals surface area contributed by atoms with Gasteiger partial charge in [0, 0.05) is 23.9 Å². The number of carbonyl (C=O) groups is 2. The van der Waals surface area contributed by atoms with Crippen LogP contribution in [0.25, 0.3) is 6.08 Å². The second kappa shape index (κ2) is 5.51. The first-order valence-electron chi connectivity index (χ1n) is 5.99. The number of hydrogen-bond acceptors (Lipinski definition) is 5. The van der Waals surface area contributed by atoms with E-state index in [-0.39, 0.29) is 46.5 Å². The maximum atomic E-state index is 12.0. The number of aryl methyl sites for hydroxylation is 1. The van der Waals surface area contributed by atoms with Gasteiger partial charge in [-0.2, -0.15) is 0 Å². The number of thioether (sulfide) groups is 2. The molecule has 4 rings (SSSR count). The average molecular weight is 331 g/mol. The standard InChI is InChI=1S/C12H9N3O3S2.Na.H/c16-9-7(10-15(9)8(5-20-10)11(17)18)3-6-4-14-1-2-19-12(14)13-6;;/h3-5,10H,1-2H2,(H,17,18);;. The van der Waals surface area contributed by atoms with Gasteiger partial charge in [0.05, 0.1) is 11.3 Å². The van der Waals surface area contributed by atoms with Crippen molar-refractivity contribution >= 4 is 71.0 Å². The molecule has 1 aromatic heterocycles. The summed E-state index contributed by atoms with van der Waals surface area (Å²) in [5, 5.41) is 11.3. The molecule has 0 radical (unpaired) electrons. The van der Waals surface area contributed by atoms with Gasteiger partial charge in [0.1, 0.15) is 11.1 Å². The summed E-state index contributed by atoms with van der Waals surface area (Å²) in [7, 11) is 0. The summed E-state index contributed by atoms with van der Waals surface area (Å²) in [6.07, 6.45) is 3.70. The first kappa shape index (κ1) is 15.2. The van der Waals surface area contributed by atoms with Crippen molar-refractivity contribution in [3.63, 3.8) is 0 Å². The summed E-state index contributed by atoms with van der Waals surface area (Å²) in [6, 6.07) is 0. The van der Waals surface area contributed by atoms with E-state index < -0.39 is 5.97 Å². The molecular formula is C12H10N3NaO3S2. The Balaban J connectivity index is 0.00000132. The molecule has 1 N–H and O–H groups in total. The van der Waals surface area contributed by atoms with Crippen molar-refractivity contribution in [2.24, 2.45) is 0 Å². The van der Waals surface area contributed by atoms with Gasteiger partial charge in [-0.15, -0.1) is 11.8 Å². The van der Waals surface area contributed by atoms with E-state index in [1.165, 1.54) is 22.1 Å². The van der Waals surface area contributed by atoms with Crippen LogP contribution in [0.2, 0.25) is 0 Å². The van der Waals surface area contributed by atoms with Crippen molar-refractivity contribution < 1.29 is 14.7 Å². The summed E-state index contributed by atoms with van der Waals surface area (Å²) < 4.78 is 2.07. The fourth-order valence-corrected chi connectivity index (χ4v) is 4.49. The number of β-lactam (4-membered cyclic amide) rings is 1. The number of aromatic nitrogens is 2. The van der Waals surface area contributed by atoms with Gasteiger partial charge in [0.15, 0.2) is 5.16 Å². The van der Waals surface area contributed by atoms with E-state index in [1.807, 2.05) is 6.20 Å². The van der Waals surface area contributed by atoms with Crippen molar-refractivity contribution in [2.75, 3.05) is 5.75 Å². The predicted molar refractivity (Wildman–Crippen MR) is 82.0 cm³/mol. The zero-order valence-corrected chi connectivity index (χ0v) is 11.8. The van der Waals surface area contributed by atoms with Crippen LogP contribution in [0.5, 0.6) is 0 Å². The van der Waals surface area contributed by atoms with Crippen LogP contribution >= 0.6 is 23.5 Å². The van der Waals surface area contributed by atoms with Crippen molar-refractivity contribution in [1.29, 1.82) is 0 Å². The van der Waals surface area contributed by atoms with E-state index >= 15 is 0 Å². The van der Waals surface area contributed by atoms with E-state index in [4.69, 9.17) is 5.11 Å². The molecule has 21 heavy (non-hydrogen) atoms. The number of nitrogens with zero attached hydrogens (tertiary/aromatic N) is 3. The first-order chi connectivity index (χ1) is 9.65. The van der Waals surface area contributed by atoms with Crippen LogP contribution in [0.4, 0.5) is 0 Å². The van der Waals surface area contributed by atoms with Crippen molar-refractivity contribution in [1.82, 2.24) is 14.5 Å². The molecule has 0 saturated carbocycles. The van der Waals surface area contributed by atoms with Crippen LogP contribution in [0.1, 0.15) is 5.69 Å². The first-order valence-corrected chi connectivity index (χ1v) is 7.92. The Morgan fingerprint density at radius 1 is 1.52 bits per heavy atom. The van der Waals surface area contributed by atoms with Gasteiger partial charge in [0.25, 0.3) is 5.91 Å². The van der Waals surface area contributed by atoms with Gasteiger partial charge in [-0.25, -0.2) is 9.78 Å². The number of amides is 1. The Morgan fingerprint density at radius 2 is 2.33 bits per heavy atom. The minimum absolute atomic E-state index is 0. The molecule has 0 aromatic carbocycles. The molecule has 0 aliphatic carbocycles. The molecule has 0 bridgehead atoms. The molecule has 1 aromatic rings. The molecule has 0 spiro atoms. The topological polar surface area (TPSA) is 75.4 Å². The number of carboxylic acid groups (broad SMARTS) is 1. The summed E-state index contributed by atoms with van der Waals surface area (Å²) in [5.41, 5.74) is 1.44. The third kappa shape index (κ3) is 2.29. The summed E-state index contributed by atoms with van der Waals surface area (Å²) in [5.74, 6) is -0.268. The molecule has 3 aliphatic heterocycles. The summed E-state index contributed by atoms with van der Waals surface area (Å²) >= 11 is 3.04. The zero-order valence-electron chi connectivity index (χ0n) is 10.1. The number of imidazole rings is 1. The SMILES string of the molecule is O=C(O)C1=CSC2C(=Cc3cn4c(n3)SCC4)C(=O)N12.[NaH]. The van der Waals surface area contributed by atoms with Crippen molar-refractivity contribution in [2.45, 2.75) is 17.1 Å². The van der Waals surface area contributed by atoms with E-state index in [0.29, 0.717) is 5.57 Å². The van der Waals surface area contributed by atoms with Crippen LogP contribution in [-0.2, 0) is 16.1 Å². The number of hydrogen-bond donors (Lipinski definition) is 1. The van der Waals surface area contributed by atoms with Gasteiger partial charge in [-0.05, 0) is 6.08 Å². The molecule has 4 heterocycles. The van der Waals surface area contributed by atoms with Gasteiger partial charge < -0.3 is 9.67 Å². The van der Waals surface area contributed by atoms with Crippen molar-refractivity contribution in [3.8, 4) is 0 Å². The second-order valence-corrected chi connectivity index (χ2v) is 6.58. The summed E-state index contributed by atoms with van der Waals surface area (Å²) in [6.45, 7) is 0.944. The zero-order chi connectivity index (χ0) is 13.9. The van der Waals surface area contributed by atoms with E-state index in [1.54, 1.807) is 17.8 Å². The molecular weight excluding hydrogens is 321 g/mol. The normalized spacial score (nSPS) is 24.3. The molecule has 1 fully saturated rings. The van der Waals surface area contributed by atoms with Crippen LogP contribution in [0, 0.1) is 0 Å². The Hall–Kier alpha value is -0.670. The van der Waals surface area contributed by atoms with Gasteiger partial charge >= 0.3 is 35.5 Å². The summed E-state index contributed by atoms with van der Waals surface area (Å²) in [4.78, 5) is 28.8. The monoisotopic (exact) mass is 331 g/mol. The maximum absolute atomic E-state index is 12.0. The van der Waals surface area contributed by atoms with Crippen LogP contribution in [0.15, 0.2) is 28.0 Å². The van der Waals surface area contributed by atoms with Gasteiger partial charge in [-0.3, -0.25) is 9.69 Å². The molecule has 1 unspecified atom stereocenters. The second-order valence-electron chi connectivity index (χ2n) is 4.56. The van der Waals surface area contributed by atoms with Crippen molar-refractivity contribution in [3.05, 3.63) is 28.6 Å². The number of aliphatic carboxylic acids is 1. The minimum atomic E-state index is -1.07. The quantitative estimate of drug-likeness (QED) is 0.485. The average Bonchev–Trinajstić information content (AvgIpc) is 3.07. The fourth-order valence-electron chi connectivity index (χ4n) is 2.42. The predicted octanol–water partition coefficient (Wildman–Crippen LogP) is 0.565. The molecule has 3 aliphatic rings. The van der Waals surface area contributed by atoms with Crippen LogP contribution in [-0.4, -0.2) is 72.1 Å². The Morgan fingerprint density at radius 3 is 3.05 bits per heavy atom. The van der Waals surface area contributed by atoms with Crippen LogP contribution < -0.4 is 0 Å². The third-order valence-electron chi connectivity index (χ3n) is 3.38. The third-order valence-corrected chi connectivity index (χ3v) is 5.43. The Bertz CT molecular complexity index is 691. The van der Waals surface area contributed by atoms with E-state index in [9.17, 15) is 9.59 Å². The molecule has 1 amide bonds. The number of fused-ring (bicyclic) bond motifs is 2. The Kier molecular flexibility index (Phi) is 4.00. The fraction of sp³-hybridized carbons (Fsp3) is 0.250. The van der Waals surface area contributed by atoms with Gasteiger partial charge in [-0.1, -0.05) is 11.8 Å². The molecule has 6 nitrogen and oxygen atoms in total. The van der Waals surface area contributed by atoms with Crippen LogP contribution in [0.3, 0.4) is 0 Å². The molecule has 9 heteroatoms. The Labute approximate surface area is 150 Å². The van der Waals surface area contributed by atoms with E-state index in [0.717, 1.165) is 23.1 Å². The van der Waals surface area contributed by atoms with Gasteiger partial charge in [0.2, 0.25) is 0 Å². The number of carbonyl (C=O) groups excluding carboxylic acids is 1. The number of carboxylic acids is 1. The molecule has 104 valence electrons. The number of rotatable bonds is 2. The van der Waals surface area contributed by atoms with E-state index in [2.05, 4.69) is 9.55 Å².